The Morgan fingerprint density at radius 3 is 2.39 bits per heavy atom. The number of ether oxygens (including phenoxy) is 3. The van der Waals surface area contributed by atoms with Gasteiger partial charge in [-0.15, -0.1) is 0 Å². The lowest BCUT2D eigenvalue weighted by molar-refractivity contribution is -0.132. The summed E-state index contributed by atoms with van der Waals surface area (Å²) < 4.78 is 17.7. The second-order valence-electron chi connectivity index (χ2n) is 6.79. The Bertz CT molecular complexity index is 1350. The van der Waals surface area contributed by atoms with E-state index in [0.717, 1.165) is 11.3 Å². The Morgan fingerprint density at radius 1 is 1.06 bits per heavy atom. The maximum Gasteiger partial charge on any atom is 0.308 e. The molecule has 0 spiro atoms. The van der Waals surface area contributed by atoms with Crippen molar-refractivity contribution in [1.82, 2.24) is 25.1 Å². The number of nitrogens with one attached hydrogen (secondary N) is 2. The normalized spacial score (nSPS) is 11.0. The number of benzene rings is 2. The molecule has 11 heteroatoms. The van der Waals surface area contributed by atoms with Crippen molar-refractivity contribution in [2.45, 2.75) is 6.92 Å². The van der Waals surface area contributed by atoms with Crippen molar-refractivity contribution >= 4 is 24.4 Å². The molecule has 168 valence electrons. The van der Waals surface area contributed by atoms with Crippen LogP contribution in [0.25, 0.3) is 22.8 Å². The van der Waals surface area contributed by atoms with Gasteiger partial charge in [0, 0.05) is 18.1 Å². The number of carbonyl (C=O) groups is 1. The average Bonchev–Trinajstić information content (AvgIpc) is 3.45. The molecule has 0 radical (unpaired) electrons. The van der Waals surface area contributed by atoms with Gasteiger partial charge in [0.05, 0.1) is 26.1 Å². The maximum atomic E-state index is 11.4. The molecule has 0 aliphatic rings. The van der Waals surface area contributed by atoms with E-state index in [1.54, 1.807) is 18.3 Å². The van der Waals surface area contributed by atoms with Crippen LogP contribution in [0.2, 0.25) is 0 Å². The highest BCUT2D eigenvalue weighted by molar-refractivity contribution is 7.71. The van der Waals surface area contributed by atoms with E-state index in [4.69, 9.17) is 26.4 Å². The minimum atomic E-state index is -0.489. The molecule has 0 saturated heterocycles. The molecule has 2 aromatic heterocycles. The average molecular weight is 465 g/mol. The molecule has 0 bridgehead atoms. The van der Waals surface area contributed by atoms with Gasteiger partial charge >= 0.3 is 5.97 Å². The Balaban J connectivity index is 1.68. The number of carbonyl (C=O) groups excluding carboxylic acids is 1. The lowest BCUT2D eigenvalue weighted by Gasteiger charge is -2.13. The number of H-pyrrole nitrogens is 2. The molecule has 4 aromatic rings. The third-order valence-electron chi connectivity index (χ3n) is 4.59. The van der Waals surface area contributed by atoms with Gasteiger partial charge in [0.15, 0.2) is 11.5 Å². The van der Waals surface area contributed by atoms with E-state index >= 15 is 0 Å². The first-order valence-electron chi connectivity index (χ1n) is 9.77. The van der Waals surface area contributed by atoms with E-state index in [-0.39, 0.29) is 5.75 Å². The van der Waals surface area contributed by atoms with Crippen LogP contribution in [-0.4, -0.2) is 51.5 Å². The van der Waals surface area contributed by atoms with Crippen molar-refractivity contribution in [2.24, 2.45) is 5.10 Å². The standard InChI is InChI=1S/C22H20N6O4S/c1-13(29)32-20-18(30-2)9-14(10-19(20)31-3)12-23-28-21(26-27-22(28)33)17-11-16(24-25-17)15-7-5-4-6-8-15/h4-12H,1-3H3,(H,24,25)(H,27,33)/b23-12+. The minimum Gasteiger partial charge on any atom is -0.493 e. The second-order valence-corrected chi connectivity index (χ2v) is 7.18. The molecule has 2 aromatic carbocycles. The highest BCUT2D eigenvalue weighted by atomic mass is 32.1. The molecule has 0 aliphatic heterocycles. The fraction of sp³-hybridized carbons (Fsp3) is 0.136. The van der Waals surface area contributed by atoms with Gasteiger partial charge in [-0.2, -0.15) is 20.0 Å². The number of hydrogen-bond donors (Lipinski definition) is 2. The topological polar surface area (TPSA) is 119 Å². The summed E-state index contributed by atoms with van der Waals surface area (Å²) in [5, 5.41) is 18.8. The first-order valence-corrected chi connectivity index (χ1v) is 10.2. The van der Waals surface area contributed by atoms with Crippen LogP contribution in [-0.2, 0) is 4.79 Å². The molecule has 0 fully saturated rings. The third-order valence-corrected chi connectivity index (χ3v) is 4.85. The van der Waals surface area contributed by atoms with Crippen LogP contribution in [0.1, 0.15) is 12.5 Å². The van der Waals surface area contributed by atoms with Crippen molar-refractivity contribution in [3.05, 3.63) is 58.9 Å². The van der Waals surface area contributed by atoms with E-state index in [1.807, 2.05) is 36.4 Å². The molecule has 33 heavy (non-hydrogen) atoms. The fourth-order valence-corrected chi connectivity index (χ4v) is 3.29. The summed E-state index contributed by atoms with van der Waals surface area (Å²) >= 11 is 5.34. The van der Waals surface area contributed by atoms with E-state index in [0.29, 0.717) is 33.4 Å². The number of nitrogens with zero attached hydrogens (tertiary/aromatic N) is 4. The molecule has 0 amide bonds. The zero-order valence-corrected chi connectivity index (χ0v) is 18.8. The Labute approximate surface area is 193 Å². The van der Waals surface area contributed by atoms with Crippen LogP contribution < -0.4 is 14.2 Å². The van der Waals surface area contributed by atoms with Crippen LogP contribution in [0.3, 0.4) is 0 Å². The summed E-state index contributed by atoms with van der Waals surface area (Å²) in [5.41, 5.74) is 3.00. The minimum absolute atomic E-state index is 0.191. The van der Waals surface area contributed by atoms with Crippen LogP contribution >= 0.6 is 12.2 Å². The summed E-state index contributed by atoms with van der Waals surface area (Å²) in [7, 11) is 2.94. The van der Waals surface area contributed by atoms with Gasteiger partial charge < -0.3 is 14.2 Å². The van der Waals surface area contributed by atoms with Gasteiger partial charge in [-0.1, -0.05) is 30.3 Å². The van der Waals surface area contributed by atoms with Gasteiger partial charge in [0.2, 0.25) is 16.3 Å². The summed E-state index contributed by atoms with van der Waals surface area (Å²) in [6.07, 6.45) is 1.56. The quantitative estimate of drug-likeness (QED) is 0.185. The van der Waals surface area contributed by atoms with E-state index in [1.165, 1.54) is 25.8 Å². The van der Waals surface area contributed by atoms with Gasteiger partial charge in [-0.05, 0) is 30.4 Å². The molecular weight excluding hydrogens is 444 g/mol. The molecule has 0 atom stereocenters. The second kappa shape index (κ2) is 9.49. The van der Waals surface area contributed by atoms with Crippen molar-refractivity contribution in [2.75, 3.05) is 14.2 Å². The lowest BCUT2D eigenvalue weighted by Crippen LogP contribution is -2.05. The molecule has 2 heterocycles. The van der Waals surface area contributed by atoms with Crippen LogP contribution in [0.4, 0.5) is 0 Å². The number of aromatic nitrogens is 5. The van der Waals surface area contributed by atoms with Crippen molar-refractivity contribution < 1.29 is 19.0 Å². The van der Waals surface area contributed by atoms with E-state index in [9.17, 15) is 4.79 Å². The van der Waals surface area contributed by atoms with Crippen molar-refractivity contribution in [3.8, 4) is 40.0 Å². The molecule has 0 saturated carbocycles. The van der Waals surface area contributed by atoms with Gasteiger partial charge in [-0.25, -0.2) is 5.10 Å². The number of esters is 1. The third kappa shape index (κ3) is 4.67. The molecule has 0 unspecified atom stereocenters. The number of aromatic amines is 2. The predicted molar refractivity (Wildman–Crippen MR) is 124 cm³/mol. The summed E-state index contributed by atoms with van der Waals surface area (Å²) in [6.45, 7) is 1.30. The number of hydrogen-bond acceptors (Lipinski definition) is 8. The zero-order valence-electron chi connectivity index (χ0n) is 18.0. The SMILES string of the molecule is COc1cc(/C=N/n2c(-c3cc(-c4ccccc4)n[nH]3)n[nH]c2=S)cc(OC)c1OC(C)=O. The summed E-state index contributed by atoms with van der Waals surface area (Å²) in [5.74, 6) is 0.806. The Morgan fingerprint density at radius 2 is 1.76 bits per heavy atom. The van der Waals surface area contributed by atoms with Crippen LogP contribution in [0.15, 0.2) is 53.6 Å². The molecule has 2 N–H and O–H groups in total. The Kier molecular flexibility index (Phi) is 6.31. The van der Waals surface area contributed by atoms with Gasteiger partial charge in [0.25, 0.3) is 0 Å². The van der Waals surface area contributed by atoms with Crippen molar-refractivity contribution in [1.29, 1.82) is 0 Å². The number of methoxy groups -OCH3 is 2. The largest absolute Gasteiger partial charge is 0.493 e. The first-order chi connectivity index (χ1) is 16.0. The highest BCUT2D eigenvalue weighted by Crippen LogP contribution is 2.38. The van der Waals surface area contributed by atoms with Crippen LogP contribution in [0, 0.1) is 4.77 Å². The highest BCUT2D eigenvalue weighted by Gasteiger charge is 2.16. The van der Waals surface area contributed by atoms with E-state index in [2.05, 4.69) is 25.5 Å². The molecular formula is C22H20N6O4S. The monoisotopic (exact) mass is 464 g/mol. The van der Waals surface area contributed by atoms with Gasteiger partial charge in [0.1, 0.15) is 5.69 Å². The number of rotatable bonds is 7. The lowest BCUT2D eigenvalue weighted by atomic mass is 10.1. The van der Waals surface area contributed by atoms with E-state index < -0.39 is 5.97 Å². The molecule has 4 rings (SSSR count). The van der Waals surface area contributed by atoms with Crippen LogP contribution in [0.5, 0.6) is 17.2 Å². The van der Waals surface area contributed by atoms with Gasteiger partial charge in [-0.3, -0.25) is 9.89 Å². The molecule has 0 aliphatic carbocycles. The zero-order chi connectivity index (χ0) is 23.4. The summed E-state index contributed by atoms with van der Waals surface area (Å²) in [6, 6.07) is 15.0. The Hall–Kier alpha value is -4.25. The maximum absolute atomic E-state index is 11.4. The molecule has 10 nitrogen and oxygen atoms in total. The fourth-order valence-electron chi connectivity index (χ4n) is 3.11. The van der Waals surface area contributed by atoms with Crippen molar-refractivity contribution in [3.63, 3.8) is 0 Å². The predicted octanol–water partition coefficient (Wildman–Crippen LogP) is 3.82. The smallest absolute Gasteiger partial charge is 0.308 e. The summed E-state index contributed by atoms with van der Waals surface area (Å²) in [4.78, 5) is 11.4. The first kappa shape index (κ1) is 22.0.